The van der Waals surface area contributed by atoms with Gasteiger partial charge in [0.25, 0.3) is 0 Å². The van der Waals surface area contributed by atoms with Gasteiger partial charge >= 0.3 is 6.03 Å². The SMILES string of the molecule is COc1ccc(CNC(=O)N2CCCC3=C[C@H]4C[C@H](CN5CCCC[C@H]45)[C@H]32)cc1. The fourth-order valence-corrected chi connectivity index (χ4v) is 6.22. The Bertz CT molecular complexity index is 775. The Morgan fingerprint density at radius 1 is 1.17 bits per heavy atom. The molecule has 3 heterocycles. The van der Waals surface area contributed by atoms with E-state index in [-0.39, 0.29) is 6.03 Å². The Morgan fingerprint density at radius 2 is 2.03 bits per heavy atom. The van der Waals surface area contributed by atoms with Crippen LogP contribution in [0, 0.1) is 11.8 Å². The minimum atomic E-state index is 0.0932. The highest BCUT2D eigenvalue weighted by molar-refractivity contribution is 5.75. The Kier molecular flexibility index (Phi) is 5.25. The second kappa shape index (κ2) is 8.02. The van der Waals surface area contributed by atoms with E-state index in [2.05, 4.69) is 21.2 Å². The summed E-state index contributed by atoms with van der Waals surface area (Å²) in [4.78, 5) is 18.0. The summed E-state index contributed by atoms with van der Waals surface area (Å²) in [7, 11) is 1.67. The number of nitrogens with one attached hydrogen (secondary N) is 1. The number of likely N-dealkylation sites (tertiary alicyclic amines) is 1. The second-order valence-corrected chi connectivity index (χ2v) is 9.21. The van der Waals surface area contributed by atoms with E-state index >= 15 is 0 Å². The van der Waals surface area contributed by atoms with Crippen LogP contribution in [0.4, 0.5) is 4.79 Å². The number of nitrogens with zero attached hydrogens (tertiary/aromatic N) is 2. The summed E-state index contributed by atoms with van der Waals surface area (Å²) in [5, 5.41) is 3.17. The van der Waals surface area contributed by atoms with Crippen molar-refractivity contribution < 1.29 is 9.53 Å². The van der Waals surface area contributed by atoms with E-state index in [0.717, 1.165) is 30.3 Å². The van der Waals surface area contributed by atoms with Crippen molar-refractivity contribution >= 4 is 6.03 Å². The largest absolute Gasteiger partial charge is 0.497 e. The normalized spacial score (nSPS) is 31.3. The van der Waals surface area contributed by atoms with E-state index in [0.29, 0.717) is 24.4 Å². The molecule has 4 aliphatic rings. The van der Waals surface area contributed by atoms with Gasteiger partial charge in [-0.2, -0.15) is 0 Å². The third kappa shape index (κ3) is 3.65. The topological polar surface area (TPSA) is 44.8 Å². The maximum absolute atomic E-state index is 13.1. The van der Waals surface area contributed by atoms with Crippen LogP contribution in [0.2, 0.25) is 0 Å². The van der Waals surface area contributed by atoms with Crippen molar-refractivity contribution in [2.45, 2.75) is 57.2 Å². The molecule has 3 aliphatic heterocycles. The fraction of sp³-hybridized carbons (Fsp3) is 0.625. The van der Waals surface area contributed by atoms with Crippen LogP contribution in [0.1, 0.15) is 44.1 Å². The van der Waals surface area contributed by atoms with Crippen LogP contribution >= 0.6 is 0 Å². The van der Waals surface area contributed by atoms with Crippen LogP contribution in [0.15, 0.2) is 35.9 Å². The standard InChI is InChI=1S/C24H33N3O2/c1-29-21-9-7-17(8-10-21)15-25-24(28)27-12-4-5-18-13-19-14-20(23(18)27)16-26-11-3-2-6-22(19)26/h7-10,13,19-20,22-23H,2-6,11-12,14-16H2,1H3,(H,25,28)/t19-,20+,22+,23-/m0/s1. The van der Waals surface area contributed by atoms with Gasteiger partial charge in [0.1, 0.15) is 5.75 Å². The third-order valence-corrected chi connectivity index (χ3v) is 7.52. The van der Waals surface area contributed by atoms with Crippen molar-refractivity contribution in [3.8, 4) is 5.75 Å². The van der Waals surface area contributed by atoms with Gasteiger partial charge in [-0.1, -0.05) is 30.2 Å². The summed E-state index contributed by atoms with van der Waals surface area (Å²) in [6.45, 7) is 3.86. The zero-order valence-electron chi connectivity index (χ0n) is 17.5. The van der Waals surface area contributed by atoms with Gasteiger partial charge in [-0.3, -0.25) is 4.90 Å². The first-order valence-corrected chi connectivity index (χ1v) is 11.3. The molecule has 0 saturated carbocycles. The number of ether oxygens (including phenoxy) is 1. The van der Waals surface area contributed by atoms with Crippen molar-refractivity contribution in [1.82, 2.24) is 15.1 Å². The maximum Gasteiger partial charge on any atom is 0.318 e. The molecule has 0 unspecified atom stereocenters. The summed E-state index contributed by atoms with van der Waals surface area (Å²) < 4.78 is 5.22. The number of benzene rings is 1. The van der Waals surface area contributed by atoms with Crippen molar-refractivity contribution in [3.05, 3.63) is 41.5 Å². The average Bonchev–Trinajstić information content (AvgIpc) is 2.77. The van der Waals surface area contributed by atoms with Crippen LogP contribution in [0.25, 0.3) is 0 Å². The van der Waals surface area contributed by atoms with E-state index in [1.165, 1.54) is 45.2 Å². The Balaban J connectivity index is 1.29. The van der Waals surface area contributed by atoms with E-state index in [4.69, 9.17) is 4.74 Å². The summed E-state index contributed by atoms with van der Waals surface area (Å²) in [5.41, 5.74) is 2.65. The van der Waals surface area contributed by atoms with Crippen molar-refractivity contribution in [2.75, 3.05) is 26.7 Å². The molecule has 5 nitrogen and oxygen atoms in total. The molecule has 1 aromatic rings. The average molecular weight is 396 g/mol. The molecule has 3 fully saturated rings. The molecule has 156 valence electrons. The highest BCUT2D eigenvalue weighted by atomic mass is 16.5. The molecule has 1 N–H and O–H groups in total. The predicted molar refractivity (Wildman–Crippen MR) is 114 cm³/mol. The molecular weight excluding hydrogens is 362 g/mol. The van der Waals surface area contributed by atoms with Crippen LogP contribution in [-0.4, -0.2) is 54.7 Å². The Morgan fingerprint density at radius 3 is 2.86 bits per heavy atom. The summed E-state index contributed by atoms with van der Waals surface area (Å²) >= 11 is 0. The number of carbonyl (C=O) groups is 1. The number of hydrogen-bond donors (Lipinski definition) is 1. The number of hydrogen-bond acceptors (Lipinski definition) is 3. The molecule has 5 heteroatoms. The number of rotatable bonds is 3. The second-order valence-electron chi connectivity index (χ2n) is 9.21. The first-order chi connectivity index (χ1) is 14.2. The number of fused-ring (bicyclic) bond motifs is 6. The van der Waals surface area contributed by atoms with Crippen molar-refractivity contribution in [3.63, 3.8) is 0 Å². The van der Waals surface area contributed by atoms with Crippen molar-refractivity contribution in [1.29, 1.82) is 0 Å². The number of urea groups is 1. The molecule has 2 amide bonds. The predicted octanol–water partition coefficient (Wildman–Crippen LogP) is 3.80. The lowest BCUT2D eigenvalue weighted by Crippen LogP contribution is -2.61. The van der Waals surface area contributed by atoms with Crippen LogP contribution in [0.3, 0.4) is 0 Å². The molecule has 0 radical (unpaired) electrons. The van der Waals surface area contributed by atoms with Gasteiger partial charge in [-0.25, -0.2) is 4.79 Å². The summed E-state index contributed by atoms with van der Waals surface area (Å²) in [6.07, 6.45) is 10.2. The highest BCUT2D eigenvalue weighted by Gasteiger charge is 2.46. The van der Waals surface area contributed by atoms with Gasteiger partial charge in [-0.05, 0) is 68.2 Å². The highest BCUT2D eigenvalue weighted by Crippen LogP contribution is 2.44. The molecule has 3 saturated heterocycles. The summed E-state index contributed by atoms with van der Waals surface area (Å²) in [6, 6.07) is 9.08. The lowest BCUT2D eigenvalue weighted by molar-refractivity contribution is 0.00788. The number of piperidine rings is 3. The molecule has 1 aliphatic carbocycles. The zero-order chi connectivity index (χ0) is 19.8. The summed E-state index contributed by atoms with van der Waals surface area (Å²) in [5.74, 6) is 2.15. The molecule has 2 bridgehead atoms. The molecule has 1 aromatic carbocycles. The Labute approximate surface area is 174 Å². The van der Waals surface area contributed by atoms with Gasteiger partial charge in [-0.15, -0.1) is 0 Å². The lowest BCUT2D eigenvalue weighted by Gasteiger charge is -2.54. The van der Waals surface area contributed by atoms with E-state index in [9.17, 15) is 4.79 Å². The van der Waals surface area contributed by atoms with Crippen LogP contribution in [-0.2, 0) is 6.54 Å². The number of carbonyl (C=O) groups excluding carboxylic acids is 1. The molecular formula is C24H33N3O2. The molecule has 0 aromatic heterocycles. The fourth-order valence-electron chi connectivity index (χ4n) is 6.22. The molecule has 29 heavy (non-hydrogen) atoms. The third-order valence-electron chi connectivity index (χ3n) is 7.52. The van der Waals surface area contributed by atoms with E-state index < -0.39 is 0 Å². The number of amides is 2. The zero-order valence-corrected chi connectivity index (χ0v) is 17.5. The monoisotopic (exact) mass is 395 g/mol. The van der Waals surface area contributed by atoms with Gasteiger partial charge in [0, 0.05) is 25.7 Å². The maximum atomic E-state index is 13.1. The van der Waals surface area contributed by atoms with Crippen LogP contribution in [0.5, 0.6) is 5.75 Å². The van der Waals surface area contributed by atoms with E-state index in [1.807, 2.05) is 24.3 Å². The first-order valence-electron chi connectivity index (χ1n) is 11.3. The van der Waals surface area contributed by atoms with Gasteiger partial charge in [0.15, 0.2) is 0 Å². The van der Waals surface area contributed by atoms with Crippen molar-refractivity contribution in [2.24, 2.45) is 11.8 Å². The quantitative estimate of drug-likeness (QED) is 0.792. The molecule has 4 atom stereocenters. The minimum Gasteiger partial charge on any atom is -0.497 e. The molecule has 5 rings (SSSR count). The first kappa shape index (κ1) is 19.0. The molecule has 0 spiro atoms. The lowest BCUT2D eigenvalue weighted by atomic mass is 9.68. The van der Waals surface area contributed by atoms with Crippen LogP contribution < -0.4 is 10.1 Å². The van der Waals surface area contributed by atoms with E-state index in [1.54, 1.807) is 12.7 Å². The number of methoxy groups -OCH3 is 1. The van der Waals surface area contributed by atoms with Gasteiger partial charge in [0.05, 0.1) is 13.2 Å². The minimum absolute atomic E-state index is 0.0932. The van der Waals surface area contributed by atoms with Gasteiger partial charge in [0.2, 0.25) is 0 Å². The Hall–Kier alpha value is -2.01. The smallest absolute Gasteiger partial charge is 0.318 e. The van der Waals surface area contributed by atoms with Gasteiger partial charge < -0.3 is 15.0 Å².